The van der Waals surface area contributed by atoms with Crippen molar-refractivity contribution in [3.05, 3.63) is 70.5 Å². The average Bonchev–Trinajstić information content (AvgIpc) is 2.74. The molecule has 0 amide bonds. The minimum absolute atomic E-state index is 0.214. The molecule has 2 heterocycles. The van der Waals surface area contributed by atoms with Gasteiger partial charge in [-0.05, 0) is 37.1 Å². The van der Waals surface area contributed by atoms with E-state index in [-0.39, 0.29) is 12.4 Å². The van der Waals surface area contributed by atoms with Crippen molar-refractivity contribution in [1.82, 2.24) is 0 Å². The lowest BCUT2D eigenvalue weighted by molar-refractivity contribution is -0.373. The predicted octanol–water partition coefficient (Wildman–Crippen LogP) is 2.69. The van der Waals surface area contributed by atoms with Gasteiger partial charge in [0.05, 0.1) is 13.2 Å². The molecule has 2 aliphatic heterocycles. The van der Waals surface area contributed by atoms with Crippen LogP contribution < -0.4 is 0 Å². The summed E-state index contributed by atoms with van der Waals surface area (Å²) in [5, 5.41) is 19.9. The first-order valence-electron chi connectivity index (χ1n) is 9.66. The quantitative estimate of drug-likeness (QED) is 0.816. The van der Waals surface area contributed by atoms with Gasteiger partial charge in [0.1, 0.15) is 30.2 Å². The Morgan fingerprint density at radius 2 is 1.69 bits per heavy atom. The molecule has 29 heavy (non-hydrogen) atoms. The second-order valence-electron chi connectivity index (χ2n) is 7.52. The maximum Gasteiger partial charge on any atom is 0.184 e. The van der Waals surface area contributed by atoms with Gasteiger partial charge in [0.2, 0.25) is 0 Å². The summed E-state index contributed by atoms with van der Waals surface area (Å²) in [6.07, 6.45) is -4.54. The molecule has 0 aliphatic carbocycles. The van der Waals surface area contributed by atoms with Gasteiger partial charge in [-0.25, -0.2) is 4.39 Å². The minimum Gasteiger partial charge on any atom is -0.394 e. The number of aliphatic hydroxyl groups excluding tert-OH is 2. The van der Waals surface area contributed by atoms with Crippen LogP contribution in [0.1, 0.15) is 34.8 Å². The summed E-state index contributed by atoms with van der Waals surface area (Å²) in [4.78, 5) is 0. The summed E-state index contributed by atoms with van der Waals surface area (Å²) >= 11 is 0. The summed E-state index contributed by atoms with van der Waals surface area (Å²) in [5.41, 5.74) is 3.73. The van der Waals surface area contributed by atoms with Crippen molar-refractivity contribution in [1.29, 1.82) is 0 Å². The van der Waals surface area contributed by atoms with E-state index in [1.807, 2.05) is 32.0 Å². The highest BCUT2D eigenvalue weighted by molar-refractivity contribution is 5.31. The van der Waals surface area contributed by atoms with Crippen molar-refractivity contribution in [3.63, 3.8) is 0 Å². The van der Waals surface area contributed by atoms with Crippen LogP contribution in [0.2, 0.25) is 0 Å². The van der Waals surface area contributed by atoms with Crippen LogP contribution in [0, 0.1) is 19.7 Å². The smallest absolute Gasteiger partial charge is 0.184 e. The number of aryl methyl sites for hydroxylation is 2. The SMILES string of the molecule is Cc1ccc(C2O[C@H]([C@H](O)CO)[C@@H]3OC(c4ccc(F)cc4)OC[C@@H]3O2)cc1C. The van der Waals surface area contributed by atoms with Gasteiger partial charge in [-0.1, -0.05) is 30.3 Å². The van der Waals surface area contributed by atoms with E-state index in [2.05, 4.69) is 0 Å². The number of hydrogen-bond donors (Lipinski definition) is 2. The first kappa shape index (κ1) is 20.4. The van der Waals surface area contributed by atoms with Gasteiger partial charge < -0.3 is 29.2 Å². The van der Waals surface area contributed by atoms with Crippen molar-refractivity contribution in [2.75, 3.05) is 13.2 Å². The maximum atomic E-state index is 13.2. The van der Waals surface area contributed by atoms with E-state index in [0.29, 0.717) is 5.56 Å². The largest absolute Gasteiger partial charge is 0.394 e. The third-order valence-electron chi connectivity index (χ3n) is 5.47. The van der Waals surface area contributed by atoms with E-state index < -0.39 is 43.6 Å². The lowest BCUT2D eigenvalue weighted by Gasteiger charge is -2.47. The first-order valence-corrected chi connectivity index (χ1v) is 9.66. The summed E-state index contributed by atoms with van der Waals surface area (Å²) in [7, 11) is 0. The number of aliphatic hydroxyl groups is 2. The first-order chi connectivity index (χ1) is 14.0. The average molecular weight is 404 g/mol. The van der Waals surface area contributed by atoms with Gasteiger partial charge in [0.15, 0.2) is 12.6 Å². The summed E-state index contributed by atoms with van der Waals surface area (Å²) in [5.74, 6) is -0.350. The normalized spacial score (nSPS) is 30.6. The second-order valence-corrected chi connectivity index (χ2v) is 7.52. The molecule has 2 aromatic rings. The van der Waals surface area contributed by atoms with E-state index >= 15 is 0 Å². The summed E-state index contributed by atoms with van der Waals surface area (Å²) < 4.78 is 37.1. The highest BCUT2D eigenvalue weighted by Crippen LogP contribution is 2.39. The van der Waals surface area contributed by atoms with Crippen LogP contribution in [0.15, 0.2) is 42.5 Å². The monoisotopic (exact) mass is 404 g/mol. The number of rotatable bonds is 4. The zero-order chi connectivity index (χ0) is 20.5. The summed E-state index contributed by atoms with van der Waals surface area (Å²) in [6, 6.07) is 11.7. The van der Waals surface area contributed by atoms with Gasteiger partial charge in [0, 0.05) is 11.1 Å². The van der Waals surface area contributed by atoms with Crippen LogP contribution in [-0.4, -0.2) is 47.8 Å². The molecule has 7 heteroatoms. The molecule has 2 unspecified atom stereocenters. The Kier molecular flexibility index (Phi) is 5.96. The zero-order valence-electron chi connectivity index (χ0n) is 16.3. The van der Waals surface area contributed by atoms with Crippen molar-refractivity contribution >= 4 is 0 Å². The van der Waals surface area contributed by atoms with Crippen molar-refractivity contribution in [2.45, 2.75) is 50.8 Å². The van der Waals surface area contributed by atoms with Gasteiger partial charge in [-0.15, -0.1) is 0 Å². The van der Waals surface area contributed by atoms with E-state index in [4.69, 9.17) is 18.9 Å². The molecule has 0 aromatic heterocycles. The van der Waals surface area contributed by atoms with Gasteiger partial charge in [-0.3, -0.25) is 0 Å². The third-order valence-corrected chi connectivity index (χ3v) is 5.47. The van der Waals surface area contributed by atoms with Crippen LogP contribution >= 0.6 is 0 Å². The standard InChI is InChI=1S/C22H25FO6/c1-12-3-4-15(9-13(12)2)22-27-18-11-26-21(14-5-7-16(23)8-6-14)29-20(18)19(28-22)17(25)10-24/h3-9,17-22,24-25H,10-11H2,1-2H3/t17-,18+,19-,20-,21?,22?/m1/s1. The number of halogens is 1. The molecule has 2 saturated heterocycles. The molecule has 2 aromatic carbocycles. The van der Waals surface area contributed by atoms with E-state index in [9.17, 15) is 14.6 Å². The molecule has 156 valence electrons. The molecule has 0 saturated carbocycles. The molecule has 0 bridgehead atoms. The number of hydrogen-bond acceptors (Lipinski definition) is 6. The van der Waals surface area contributed by atoms with Gasteiger partial charge >= 0.3 is 0 Å². The Morgan fingerprint density at radius 3 is 2.38 bits per heavy atom. The third kappa shape index (κ3) is 4.21. The molecule has 2 N–H and O–H groups in total. The Bertz CT molecular complexity index is 842. The van der Waals surface area contributed by atoms with Crippen LogP contribution in [0.25, 0.3) is 0 Å². The van der Waals surface area contributed by atoms with E-state index in [1.165, 1.54) is 12.1 Å². The molecule has 0 spiro atoms. The van der Waals surface area contributed by atoms with Crippen molar-refractivity contribution in [3.8, 4) is 0 Å². The Hall–Kier alpha value is -1.87. The maximum absolute atomic E-state index is 13.2. The van der Waals surface area contributed by atoms with Crippen LogP contribution in [0.5, 0.6) is 0 Å². The molecule has 4 rings (SSSR count). The fourth-order valence-electron chi connectivity index (χ4n) is 3.64. The van der Waals surface area contributed by atoms with Gasteiger partial charge in [-0.2, -0.15) is 0 Å². The van der Waals surface area contributed by atoms with Crippen LogP contribution in [-0.2, 0) is 18.9 Å². The lowest BCUT2D eigenvalue weighted by Crippen LogP contribution is -2.58. The lowest BCUT2D eigenvalue weighted by atomic mass is 9.99. The minimum atomic E-state index is -1.15. The van der Waals surface area contributed by atoms with Crippen LogP contribution in [0.4, 0.5) is 4.39 Å². The van der Waals surface area contributed by atoms with Crippen LogP contribution in [0.3, 0.4) is 0 Å². The highest BCUT2D eigenvalue weighted by Gasteiger charge is 2.48. The Labute approximate surface area is 168 Å². The summed E-state index contributed by atoms with van der Waals surface area (Å²) in [6.45, 7) is 3.77. The molecule has 2 fully saturated rings. The Morgan fingerprint density at radius 1 is 0.966 bits per heavy atom. The molecule has 2 aliphatic rings. The fraction of sp³-hybridized carbons (Fsp3) is 0.455. The number of benzene rings is 2. The fourth-order valence-corrected chi connectivity index (χ4v) is 3.64. The topological polar surface area (TPSA) is 77.4 Å². The Balaban J connectivity index is 1.56. The molecule has 6 nitrogen and oxygen atoms in total. The molecular formula is C22H25FO6. The second kappa shape index (κ2) is 8.47. The van der Waals surface area contributed by atoms with E-state index in [1.54, 1.807) is 12.1 Å². The van der Waals surface area contributed by atoms with Crippen molar-refractivity contribution in [2.24, 2.45) is 0 Å². The molecule has 0 radical (unpaired) electrons. The van der Waals surface area contributed by atoms with Gasteiger partial charge in [0.25, 0.3) is 0 Å². The predicted molar refractivity (Wildman–Crippen MR) is 101 cm³/mol. The zero-order valence-corrected chi connectivity index (χ0v) is 16.3. The molecular weight excluding hydrogens is 379 g/mol. The highest BCUT2D eigenvalue weighted by atomic mass is 19.1. The molecule has 6 atom stereocenters. The number of fused-ring (bicyclic) bond motifs is 1. The van der Waals surface area contributed by atoms with Crippen molar-refractivity contribution < 1.29 is 33.6 Å². The van der Waals surface area contributed by atoms with E-state index in [0.717, 1.165) is 16.7 Å². The number of ether oxygens (including phenoxy) is 4.